The zero-order valence-electron chi connectivity index (χ0n) is 17.9. The van der Waals surface area contributed by atoms with Crippen molar-refractivity contribution < 1.29 is 18.4 Å². The molecule has 0 saturated heterocycles. The van der Waals surface area contributed by atoms with E-state index in [2.05, 4.69) is 43.0 Å². The Hall–Kier alpha value is -2.52. The van der Waals surface area contributed by atoms with E-state index in [9.17, 15) is 13.2 Å². The molecule has 0 fully saturated rings. The maximum atomic E-state index is 12.9. The number of carbonyl (C=O) groups is 1. The van der Waals surface area contributed by atoms with E-state index in [0.29, 0.717) is 5.57 Å². The molecule has 1 aliphatic rings. The summed E-state index contributed by atoms with van der Waals surface area (Å²) in [6, 6.07) is 15.2. The molecule has 0 aromatic heterocycles. The molecule has 0 atom stereocenters. The summed E-state index contributed by atoms with van der Waals surface area (Å²) in [6.45, 7) is 7.53. The molecule has 7 nitrogen and oxygen atoms in total. The number of hydrogen-bond acceptors (Lipinski definition) is 5. The molecule has 3 rings (SSSR count). The predicted molar refractivity (Wildman–Crippen MR) is 120 cm³/mol. The number of nitrogens with zero attached hydrogens (tertiary/aromatic N) is 2. The molecule has 0 saturated carbocycles. The van der Waals surface area contributed by atoms with Gasteiger partial charge < -0.3 is 0 Å². The fourth-order valence-corrected chi connectivity index (χ4v) is 5.00. The van der Waals surface area contributed by atoms with Crippen molar-refractivity contribution in [2.45, 2.75) is 31.7 Å². The Kier molecular flexibility index (Phi) is 7.61. The third-order valence-electron chi connectivity index (χ3n) is 5.65. The van der Waals surface area contributed by atoms with E-state index in [1.165, 1.54) is 15.9 Å². The summed E-state index contributed by atoms with van der Waals surface area (Å²) in [5.41, 5.74) is 5.20. The van der Waals surface area contributed by atoms with Gasteiger partial charge in [0, 0.05) is 25.2 Å². The first kappa shape index (κ1) is 23.1. The number of amides is 1. The van der Waals surface area contributed by atoms with Gasteiger partial charge in [0.25, 0.3) is 5.91 Å². The molecular formula is C23H29N3O4S. The standard InChI is InChI=1S/C23H29N3O4S/c1-3-25(4-2)17-18-5-7-19(8-6-18)20-9-11-22(12-10-20)31(29,30)26-15-13-21(14-16-26)23(27)24-28/h5-13,28H,3-4,14-17H2,1-2H3,(H,24,27). The molecule has 8 heteroatoms. The molecule has 31 heavy (non-hydrogen) atoms. The van der Waals surface area contributed by atoms with Crippen molar-refractivity contribution in [2.75, 3.05) is 26.2 Å². The van der Waals surface area contributed by atoms with E-state index < -0.39 is 15.9 Å². The number of carbonyl (C=O) groups excluding carboxylic acids is 1. The van der Waals surface area contributed by atoms with Gasteiger partial charge in [-0.05, 0) is 48.3 Å². The fraction of sp³-hybridized carbons (Fsp3) is 0.348. The molecule has 1 amide bonds. The van der Waals surface area contributed by atoms with Gasteiger partial charge in [-0.2, -0.15) is 4.31 Å². The summed E-state index contributed by atoms with van der Waals surface area (Å²) >= 11 is 0. The van der Waals surface area contributed by atoms with Crippen LogP contribution in [0.15, 0.2) is 65.1 Å². The van der Waals surface area contributed by atoms with Crippen molar-refractivity contribution in [3.63, 3.8) is 0 Å². The molecule has 2 aromatic carbocycles. The third-order valence-corrected chi connectivity index (χ3v) is 7.52. The number of hydrogen-bond donors (Lipinski definition) is 2. The van der Waals surface area contributed by atoms with Crippen molar-refractivity contribution in [2.24, 2.45) is 0 Å². The van der Waals surface area contributed by atoms with Gasteiger partial charge in [0.1, 0.15) is 0 Å². The van der Waals surface area contributed by atoms with Crippen LogP contribution < -0.4 is 5.48 Å². The van der Waals surface area contributed by atoms with E-state index in [-0.39, 0.29) is 24.4 Å². The summed E-state index contributed by atoms with van der Waals surface area (Å²) in [5, 5.41) is 8.71. The molecule has 0 aliphatic carbocycles. The first-order valence-electron chi connectivity index (χ1n) is 10.4. The zero-order valence-corrected chi connectivity index (χ0v) is 18.7. The van der Waals surface area contributed by atoms with E-state index >= 15 is 0 Å². The average molecular weight is 444 g/mol. The van der Waals surface area contributed by atoms with E-state index in [1.807, 2.05) is 12.1 Å². The van der Waals surface area contributed by atoms with Crippen molar-refractivity contribution >= 4 is 15.9 Å². The highest BCUT2D eigenvalue weighted by atomic mass is 32.2. The third kappa shape index (κ3) is 5.40. The molecular weight excluding hydrogens is 414 g/mol. The highest BCUT2D eigenvalue weighted by Gasteiger charge is 2.27. The van der Waals surface area contributed by atoms with E-state index in [0.717, 1.165) is 30.8 Å². The lowest BCUT2D eigenvalue weighted by Gasteiger charge is -2.25. The Labute approximate surface area is 184 Å². The number of nitrogens with one attached hydrogen (secondary N) is 1. The Bertz CT molecular complexity index is 1030. The predicted octanol–water partition coefficient (Wildman–Crippen LogP) is 3.02. The van der Waals surface area contributed by atoms with Crippen LogP contribution in [0.5, 0.6) is 0 Å². The van der Waals surface area contributed by atoms with Crippen LogP contribution in [0.4, 0.5) is 0 Å². The molecule has 0 radical (unpaired) electrons. The summed E-state index contributed by atoms with van der Waals surface area (Å²) in [4.78, 5) is 14.0. The highest BCUT2D eigenvalue weighted by molar-refractivity contribution is 7.89. The van der Waals surface area contributed by atoms with Gasteiger partial charge in [-0.3, -0.25) is 14.9 Å². The highest BCUT2D eigenvalue weighted by Crippen LogP contribution is 2.25. The molecule has 2 N–H and O–H groups in total. The summed E-state index contributed by atoms with van der Waals surface area (Å²) in [5.74, 6) is -0.593. The minimum Gasteiger partial charge on any atom is -0.300 e. The Morgan fingerprint density at radius 2 is 1.61 bits per heavy atom. The van der Waals surface area contributed by atoms with Crippen LogP contribution in [-0.2, 0) is 21.4 Å². The quantitative estimate of drug-likeness (QED) is 0.484. The van der Waals surface area contributed by atoms with Gasteiger partial charge in [-0.1, -0.05) is 56.3 Å². The van der Waals surface area contributed by atoms with Crippen LogP contribution in [0, 0.1) is 0 Å². The van der Waals surface area contributed by atoms with Gasteiger partial charge in [-0.25, -0.2) is 13.9 Å². The molecule has 166 valence electrons. The molecule has 0 bridgehead atoms. The first-order chi connectivity index (χ1) is 14.9. The largest absolute Gasteiger partial charge is 0.300 e. The average Bonchev–Trinajstić information content (AvgIpc) is 2.82. The minimum absolute atomic E-state index is 0.0981. The summed E-state index contributed by atoms with van der Waals surface area (Å²) < 4.78 is 27.2. The Balaban J connectivity index is 1.71. The molecule has 1 heterocycles. The van der Waals surface area contributed by atoms with Crippen LogP contribution in [0.1, 0.15) is 25.8 Å². The second-order valence-electron chi connectivity index (χ2n) is 7.47. The Morgan fingerprint density at radius 1 is 1.03 bits per heavy atom. The normalized spacial score (nSPS) is 15.0. The van der Waals surface area contributed by atoms with Crippen LogP contribution in [0.2, 0.25) is 0 Å². The van der Waals surface area contributed by atoms with Crippen molar-refractivity contribution in [3.8, 4) is 11.1 Å². The van der Waals surface area contributed by atoms with Gasteiger partial charge in [0.15, 0.2) is 0 Å². The maximum absolute atomic E-state index is 12.9. The zero-order chi connectivity index (χ0) is 22.4. The SMILES string of the molecule is CCN(CC)Cc1ccc(-c2ccc(S(=O)(=O)N3CC=C(C(=O)NO)CC3)cc2)cc1. The first-order valence-corrected chi connectivity index (χ1v) is 11.9. The van der Waals surface area contributed by atoms with Gasteiger partial charge in [0.2, 0.25) is 10.0 Å². The second-order valence-corrected chi connectivity index (χ2v) is 9.40. The van der Waals surface area contributed by atoms with E-state index in [4.69, 9.17) is 5.21 Å². The van der Waals surface area contributed by atoms with Crippen LogP contribution in [0.3, 0.4) is 0 Å². The van der Waals surface area contributed by atoms with Gasteiger partial charge in [0.05, 0.1) is 4.90 Å². The molecule has 1 aliphatic heterocycles. The van der Waals surface area contributed by atoms with Crippen molar-refractivity contribution in [1.82, 2.24) is 14.7 Å². The Morgan fingerprint density at radius 3 is 2.10 bits per heavy atom. The lowest BCUT2D eigenvalue weighted by Crippen LogP contribution is -2.37. The number of hydroxylamine groups is 1. The lowest BCUT2D eigenvalue weighted by atomic mass is 10.0. The number of sulfonamides is 1. The van der Waals surface area contributed by atoms with Crippen LogP contribution >= 0.6 is 0 Å². The monoisotopic (exact) mass is 443 g/mol. The topological polar surface area (TPSA) is 90.0 Å². The van der Waals surface area contributed by atoms with Crippen LogP contribution in [-0.4, -0.2) is 54.9 Å². The molecule has 0 unspecified atom stereocenters. The molecule has 2 aromatic rings. The number of rotatable bonds is 8. The van der Waals surface area contributed by atoms with Crippen molar-refractivity contribution in [1.29, 1.82) is 0 Å². The molecule has 0 spiro atoms. The minimum atomic E-state index is -3.65. The van der Waals surface area contributed by atoms with Crippen LogP contribution in [0.25, 0.3) is 11.1 Å². The summed E-state index contributed by atoms with van der Waals surface area (Å²) in [7, 11) is -3.65. The smallest absolute Gasteiger partial charge is 0.270 e. The second kappa shape index (κ2) is 10.2. The number of benzene rings is 2. The van der Waals surface area contributed by atoms with Gasteiger partial charge >= 0.3 is 0 Å². The maximum Gasteiger partial charge on any atom is 0.270 e. The summed E-state index contributed by atoms with van der Waals surface area (Å²) in [6.07, 6.45) is 1.78. The lowest BCUT2D eigenvalue weighted by molar-refractivity contribution is -0.125. The fourth-order valence-electron chi connectivity index (χ4n) is 3.62. The van der Waals surface area contributed by atoms with E-state index in [1.54, 1.807) is 17.6 Å². The van der Waals surface area contributed by atoms with Crippen molar-refractivity contribution in [3.05, 3.63) is 65.7 Å². The van der Waals surface area contributed by atoms with Gasteiger partial charge in [-0.15, -0.1) is 0 Å².